The summed E-state index contributed by atoms with van der Waals surface area (Å²) in [4.78, 5) is 14.4. The molecular formula is C15H28N2O2. The Labute approximate surface area is 116 Å². The fourth-order valence-corrected chi connectivity index (χ4v) is 3.83. The maximum atomic E-state index is 12.0. The molecule has 0 spiro atoms. The molecule has 2 fully saturated rings. The van der Waals surface area contributed by atoms with E-state index in [1.807, 2.05) is 0 Å². The van der Waals surface area contributed by atoms with Gasteiger partial charge in [-0.25, -0.2) is 0 Å². The molecule has 1 saturated carbocycles. The molecule has 2 rings (SSSR count). The van der Waals surface area contributed by atoms with Crippen molar-refractivity contribution in [2.24, 2.45) is 17.6 Å². The van der Waals surface area contributed by atoms with Crippen molar-refractivity contribution < 1.29 is 9.53 Å². The topological polar surface area (TPSA) is 55.6 Å². The first kappa shape index (κ1) is 14.8. The number of esters is 1. The number of likely N-dealkylation sites (tertiary alicyclic amines) is 1. The van der Waals surface area contributed by atoms with Crippen molar-refractivity contribution in [3.8, 4) is 0 Å². The summed E-state index contributed by atoms with van der Waals surface area (Å²) < 4.78 is 4.99. The normalized spacial score (nSPS) is 37.0. The van der Waals surface area contributed by atoms with E-state index in [0.29, 0.717) is 12.0 Å². The van der Waals surface area contributed by atoms with Crippen LogP contribution in [0.1, 0.15) is 45.4 Å². The van der Waals surface area contributed by atoms with Gasteiger partial charge in [0.25, 0.3) is 0 Å². The first-order valence-electron chi connectivity index (χ1n) is 7.71. The van der Waals surface area contributed by atoms with Crippen LogP contribution in [0.15, 0.2) is 0 Å². The molecule has 1 aliphatic carbocycles. The molecule has 0 aromatic carbocycles. The molecule has 1 heterocycles. The number of methoxy groups -OCH3 is 1. The summed E-state index contributed by atoms with van der Waals surface area (Å²) in [6.07, 6.45) is 6.91. The van der Waals surface area contributed by atoms with E-state index in [9.17, 15) is 4.79 Å². The lowest BCUT2D eigenvalue weighted by atomic mass is 9.77. The number of piperidine rings is 1. The smallest absolute Gasteiger partial charge is 0.323 e. The molecule has 19 heavy (non-hydrogen) atoms. The molecule has 110 valence electrons. The summed E-state index contributed by atoms with van der Waals surface area (Å²) in [7, 11) is 1.50. The highest BCUT2D eigenvalue weighted by molar-refractivity contribution is 5.75. The van der Waals surface area contributed by atoms with Crippen molar-refractivity contribution in [1.29, 1.82) is 0 Å². The molecule has 0 amide bonds. The van der Waals surface area contributed by atoms with Gasteiger partial charge in [-0.3, -0.25) is 9.69 Å². The second-order valence-corrected chi connectivity index (χ2v) is 6.25. The molecular weight excluding hydrogens is 240 g/mol. The molecule has 2 aliphatic rings. The minimum Gasteiger partial charge on any atom is -0.468 e. The first-order chi connectivity index (χ1) is 9.17. The van der Waals surface area contributed by atoms with Gasteiger partial charge in [-0.15, -0.1) is 0 Å². The quantitative estimate of drug-likeness (QED) is 0.793. The Morgan fingerprint density at radius 1 is 1.32 bits per heavy atom. The molecule has 4 atom stereocenters. The second-order valence-electron chi connectivity index (χ2n) is 6.25. The predicted octanol–water partition coefficient (Wildman–Crippen LogP) is 1.78. The second kappa shape index (κ2) is 6.71. The number of rotatable bonds is 3. The Bertz CT molecular complexity index is 309. The molecule has 4 heteroatoms. The Balaban J connectivity index is 2.12. The van der Waals surface area contributed by atoms with E-state index in [2.05, 4.69) is 11.8 Å². The number of nitrogens with two attached hydrogens (primary N) is 1. The fourth-order valence-electron chi connectivity index (χ4n) is 3.83. The van der Waals surface area contributed by atoms with Crippen molar-refractivity contribution >= 4 is 5.97 Å². The average molecular weight is 268 g/mol. The van der Waals surface area contributed by atoms with Crippen LogP contribution < -0.4 is 5.73 Å². The van der Waals surface area contributed by atoms with E-state index < -0.39 is 0 Å². The lowest BCUT2D eigenvalue weighted by molar-refractivity contribution is -0.150. The Morgan fingerprint density at radius 3 is 2.79 bits per heavy atom. The number of hydrogen-bond acceptors (Lipinski definition) is 4. The van der Waals surface area contributed by atoms with Crippen LogP contribution in [0, 0.1) is 11.8 Å². The number of carbonyl (C=O) groups is 1. The third kappa shape index (κ3) is 3.29. The van der Waals surface area contributed by atoms with Gasteiger partial charge < -0.3 is 10.5 Å². The fraction of sp³-hybridized carbons (Fsp3) is 0.933. The van der Waals surface area contributed by atoms with E-state index in [-0.39, 0.29) is 12.0 Å². The summed E-state index contributed by atoms with van der Waals surface area (Å²) in [5.41, 5.74) is 5.96. The zero-order chi connectivity index (χ0) is 13.8. The van der Waals surface area contributed by atoms with Gasteiger partial charge in [0.2, 0.25) is 0 Å². The van der Waals surface area contributed by atoms with E-state index in [1.54, 1.807) is 0 Å². The Kier molecular flexibility index (Phi) is 5.22. The Morgan fingerprint density at radius 2 is 2.11 bits per heavy atom. The SMILES string of the molecule is COC(=O)C1CCCCN1C1CC(C)CCC1CN. The van der Waals surface area contributed by atoms with Gasteiger partial charge in [0.15, 0.2) is 0 Å². The molecule has 4 nitrogen and oxygen atoms in total. The highest BCUT2D eigenvalue weighted by Crippen LogP contribution is 2.35. The standard InChI is InChI=1S/C15H28N2O2/c1-11-6-7-12(10-16)14(9-11)17-8-4-3-5-13(17)15(18)19-2/h11-14H,3-10,16H2,1-2H3. The van der Waals surface area contributed by atoms with Gasteiger partial charge >= 0.3 is 5.97 Å². The maximum absolute atomic E-state index is 12.0. The molecule has 1 aliphatic heterocycles. The first-order valence-corrected chi connectivity index (χ1v) is 7.71. The zero-order valence-corrected chi connectivity index (χ0v) is 12.3. The van der Waals surface area contributed by atoms with E-state index in [0.717, 1.165) is 31.8 Å². The molecule has 0 radical (unpaired) electrons. The highest BCUT2D eigenvalue weighted by Gasteiger charge is 2.39. The number of hydrogen-bond donors (Lipinski definition) is 1. The van der Waals surface area contributed by atoms with Gasteiger partial charge in [-0.2, -0.15) is 0 Å². The molecule has 0 aromatic heterocycles. The van der Waals surface area contributed by atoms with Crippen molar-refractivity contribution in [3.63, 3.8) is 0 Å². The van der Waals surface area contributed by atoms with Gasteiger partial charge in [0, 0.05) is 6.04 Å². The maximum Gasteiger partial charge on any atom is 0.323 e. The van der Waals surface area contributed by atoms with E-state index >= 15 is 0 Å². The summed E-state index contributed by atoms with van der Waals surface area (Å²) >= 11 is 0. The summed E-state index contributed by atoms with van der Waals surface area (Å²) in [5, 5.41) is 0. The van der Waals surface area contributed by atoms with Crippen LogP contribution in [0.3, 0.4) is 0 Å². The van der Waals surface area contributed by atoms with Crippen LogP contribution in [0.4, 0.5) is 0 Å². The van der Waals surface area contributed by atoms with Crippen LogP contribution >= 0.6 is 0 Å². The molecule has 0 bridgehead atoms. The summed E-state index contributed by atoms with van der Waals surface area (Å²) in [6, 6.07) is 0.432. The highest BCUT2D eigenvalue weighted by atomic mass is 16.5. The van der Waals surface area contributed by atoms with E-state index in [1.165, 1.54) is 32.8 Å². The largest absolute Gasteiger partial charge is 0.468 e. The minimum absolute atomic E-state index is 0.0388. The van der Waals surface area contributed by atoms with Gasteiger partial charge in [0.05, 0.1) is 7.11 Å². The molecule has 4 unspecified atom stereocenters. The molecule has 1 saturated heterocycles. The van der Waals surface area contributed by atoms with Crippen molar-refractivity contribution in [1.82, 2.24) is 4.90 Å². The number of ether oxygens (including phenoxy) is 1. The van der Waals surface area contributed by atoms with Crippen molar-refractivity contribution in [2.75, 3.05) is 20.2 Å². The van der Waals surface area contributed by atoms with E-state index in [4.69, 9.17) is 10.5 Å². The zero-order valence-electron chi connectivity index (χ0n) is 12.3. The van der Waals surface area contributed by atoms with Crippen LogP contribution in [0.2, 0.25) is 0 Å². The van der Waals surface area contributed by atoms with Crippen molar-refractivity contribution in [3.05, 3.63) is 0 Å². The predicted molar refractivity (Wildman–Crippen MR) is 75.7 cm³/mol. The van der Waals surface area contributed by atoms with Gasteiger partial charge in [0.1, 0.15) is 6.04 Å². The number of carbonyl (C=O) groups excluding carboxylic acids is 1. The van der Waals surface area contributed by atoms with Gasteiger partial charge in [-0.1, -0.05) is 19.8 Å². The monoisotopic (exact) mass is 268 g/mol. The van der Waals surface area contributed by atoms with Crippen LogP contribution in [-0.2, 0) is 9.53 Å². The van der Waals surface area contributed by atoms with Crippen LogP contribution in [0.25, 0.3) is 0 Å². The summed E-state index contributed by atoms with van der Waals surface area (Å²) in [5.74, 6) is 1.23. The van der Waals surface area contributed by atoms with Crippen molar-refractivity contribution in [2.45, 2.75) is 57.5 Å². The Hall–Kier alpha value is -0.610. The summed E-state index contributed by atoms with van der Waals surface area (Å²) in [6.45, 7) is 4.08. The minimum atomic E-state index is -0.0614. The lowest BCUT2D eigenvalue weighted by Gasteiger charge is -2.46. The van der Waals surface area contributed by atoms with Crippen LogP contribution in [-0.4, -0.2) is 43.2 Å². The number of nitrogens with zero attached hydrogens (tertiary/aromatic N) is 1. The average Bonchev–Trinajstić information content (AvgIpc) is 2.46. The van der Waals surface area contributed by atoms with Gasteiger partial charge in [-0.05, 0) is 50.6 Å². The third-order valence-corrected chi connectivity index (χ3v) is 4.96. The molecule has 2 N–H and O–H groups in total. The molecule has 0 aromatic rings. The lowest BCUT2D eigenvalue weighted by Crippen LogP contribution is -2.55. The third-order valence-electron chi connectivity index (χ3n) is 4.96. The van der Waals surface area contributed by atoms with Crippen LogP contribution in [0.5, 0.6) is 0 Å².